The zero-order valence-electron chi connectivity index (χ0n) is 16.5. The van der Waals surface area contributed by atoms with E-state index in [4.69, 9.17) is 21.2 Å². The zero-order chi connectivity index (χ0) is 22.3. The SMILES string of the molecule is C#C/C=C(\C=NC)CC(=O)N1CC(Oc2ccc(CCB(O)O)c(O)c2C(=O)O)C1. The molecule has 1 heterocycles. The fourth-order valence-corrected chi connectivity index (χ4v) is 3.00. The summed E-state index contributed by atoms with van der Waals surface area (Å²) < 4.78 is 5.68. The summed E-state index contributed by atoms with van der Waals surface area (Å²) in [6.07, 6.45) is 7.94. The van der Waals surface area contributed by atoms with Gasteiger partial charge in [-0.3, -0.25) is 9.79 Å². The summed E-state index contributed by atoms with van der Waals surface area (Å²) in [6, 6.07) is 2.89. The topological polar surface area (TPSA) is 140 Å². The third kappa shape index (κ3) is 5.86. The van der Waals surface area contributed by atoms with Crippen molar-refractivity contribution in [1.29, 1.82) is 0 Å². The predicted molar refractivity (Wildman–Crippen MR) is 111 cm³/mol. The Kier molecular flexibility index (Phi) is 8.03. The molecule has 0 atom stereocenters. The number of likely N-dealkylation sites (tertiary alicyclic amines) is 1. The summed E-state index contributed by atoms with van der Waals surface area (Å²) in [4.78, 5) is 29.3. The monoisotopic (exact) mass is 414 g/mol. The Bertz CT molecular complexity index is 899. The molecule has 0 bridgehead atoms. The summed E-state index contributed by atoms with van der Waals surface area (Å²) in [5.41, 5.74) is 0.475. The molecule has 1 aromatic carbocycles. The van der Waals surface area contributed by atoms with Crippen LogP contribution in [0.1, 0.15) is 22.3 Å². The van der Waals surface area contributed by atoms with Crippen molar-refractivity contribution in [2.45, 2.75) is 25.3 Å². The molecule has 0 unspecified atom stereocenters. The maximum absolute atomic E-state index is 12.3. The molecule has 2 rings (SSSR count). The van der Waals surface area contributed by atoms with Crippen LogP contribution in [0.15, 0.2) is 28.8 Å². The Morgan fingerprint density at radius 1 is 1.40 bits per heavy atom. The van der Waals surface area contributed by atoms with E-state index in [2.05, 4.69) is 10.9 Å². The van der Waals surface area contributed by atoms with Gasteiger partial charge in [0, 0.05) is 13.3 Å². The molecule has 1 aliphatic rings. The number of hydrogen-bond donors (Lipinski definition) is 4. The normalized spacial score (nSPS) is 14.3. The van der Waals surface area contributed by atoms with Crippen molar-refractivity contribution in [3.05, 3.63) is 34.9 Å². The fraction of sp³-hybridized carbons (Fsp3) is 0.350. The molecule has 1 fully saturated rings. The number of carboxylic acids is 1. The molecule has 158 valence electrons. The lowest BCUT2D eigenvalue weighted by atomic mass is 9.82. The Labute approximate surface area is 174 Å². The summed E-state index contributed by atoms with van der Waals surface area (Å²) in [5, 5.41) is 37.6. The highest BCUT2D eigenvalue weighted by Gasteiger charge is 2.33. The number of aryl methyl sites for hydroxylation is 1. The standard InChI is InChI=1S/C20H23BN2O7/c1-3-4-13(10-22-2)9-17(24)23-11-15(12-23)30-16-6-5-14(7-8-21(28)29)19(25)18(16)20(26)27/h1,4-6,10,15,25,28-29H,7-9,11-12H2,2H3,(H,26,27)/b13-4-,22-10?. The highest BCUT2D eigenvalue weighted by Crippen LogP contribution is 2.34. The van der Waals surface area contributed by atoms with Crippen molar-refractivity contribution >= 4 is 25.2 Å². The molecule has 1 aromatic rings. The molecule has 0 radical (unpaired) electrons. The van der Waals surface area contributed by atoms with Crippen molar-refractivity contribution in [3.8, 4) is 23.8 Å². The maximum Gasteiger partial charge on any atom is 0.451 e. The third-order valence-electron chi connectivity index (χ3n) is 4.52. The molecule has 1 amide bonds. The lowest BCUT2D eigenvalue weighted by molar-refractivity contribution is -0.139. The fourth-order valence-electron chi connectivity index (χ4n) is 3.00. The van der Waals surface area contributed by atoms with Gasteiger partial charge in [-0.2, -0.15) is 0 Å². The first-order valence-corrected chi connectivity index (χ1v) is 9.22. The molecular formula is C20H23BN2O7. The van der Waals surface area contributed by atoms with E-state index in [1.54, 1.807) is 11.9 Å². The number of terminal acetylenes is 1. The lowest BCUT2D eigenvalue weighted by Crippen LogP contribution is -2.56. The van der Waals surface area contributed by atoms with Gasteiger partial charge in [0.2, 0.25) is 5.91 Å². The average Bonchev–Trinajstić information content (AvgIpc) is 2.63. The second kappa shape index (κ2) is 10.5. The van der Waals surface area contributed by atoms with Gasteiger partial charge in [-0.1, -0.05) is 12.0 Å². The molecule has 0 aromatic heterocycles. The van der Waals surface area contributed by atoms with Crippen LogP contribution in [0.2, 0.25) is 6.32 Å². The van der Waals surface area contributed by atoms with Crippen LogP contribution >= 0.6 is 0 Å². The number of amides is 1. The van der Waals surface area contributed by atoms with Gasteiger partial charge in [-0.25, -0.2) is 4.79 Å². The third-order valence-corrected chi connectivity index (χ3v) is 4.52. The number of benzene rings is 1. The van der Waals surface area contributed by atoms with Gasteiger partial charge < -0.3 is 29.9 Å². The molecule has 0 saturated carbocycles. The van der Waals surface area contributed by atoms with E-state index in [9.17, 15) is 19.8 Å². The molecule has 30 heavy (non-hydrogen) atoms. The van der Waals surface area contributed by atoms with Gasteiger partial charge in [-0.05, 0) is 36.0 Å². The number of hydrogen-bond acceptors (Lipinski definition) is 7. The Morgan fingerprint density at radius 3 is 2.67 bits per heavy atom. The second-order valence-electron chi connectivity index (χ2n) is 6.76. The van der Waals surface area contributed by atoms with Crippen LogP contribution in [0.5, 0.6) is 11.5 Å². The number of carboxylic acid groups (broad SMARTS) is 1. The van der Waals surface area contributed by atoms with Crippen molar-refractivity contribution in [1.82, 2.24) is 4.90 Å². The number of aliphatic imine (C=N–C) groups is 1. The van der Waals surface area contributed by atoms with E-state index < -0.39 is 30.5 Å². The van der Waals surface area contributed by atoms with E-state index in [1.165, 1.54) is 24.4 Å². The minimum atomic E-state index is -1.56. The molecule has 1 saturated heterocycles. The molecular weight excluding hydrogens is 391 g/mol. The highest BCUT2D eigenvalue weighted by molar-refractivity contribution is 6.41. The van der Waals surface area contributed by atoms with Crippen molar-refractivity contribution < 1.29 is 34.6 Å². The predicted octanol–water partition coefficient (Wildman–Crippen LogP) is 0.346. The van der Waals surface area contributed by atoms with E-state index in [-0.39, 0.29) is 49.5 Å². The largest absolute Gasteiger partial charge is 0.507 e. The molecule has 10 heteroatoms. The van der Waals surface area contributed by atoms with Gasteiger partial charge in [-0.15, -0.1) is 6.42 Å². The summed E-state index contributed by atoms with van der Waals surface area (Å²) in [6.45, 7) is 0.535. The molecule has 4 N–H and O–H groups in total. The molecule has 0 spiro atoms. The second-order valence-corrected chi connectivity index (χ2v) is 6.76. The quantitative estimate of drug-likeness (QED) is 0.260. The minimum Gasteiger partial charge on any atom is -0.507 e. The number of ether oxygens (including phenoxy) is 1. The van der Waals surface area contributed by atoms with Crippen LogP contribution in [0.4, 0.5) is 0 Å². The Hall–Kier alpha value is -3.29. The van der Waals surface area contributed by atoms with E-state index in [0.29, 0.717) is 5.57 Å². The van der Waals surface area contributed by atoms with Gasteiger partial charge in [0.1, 0.15) is 23.2 Å². The number of allylic oxidation sites excluding steroid dienone is 1. The number of carbonyl (C=O) groups excluding carboxylic acids is 1. The molecule has 0 aliphatic carbocycles. The van der Waals surface area contributed by atoms with Crippen LogP contribution in [-0.4, -0.2) is 76.6 Å². The van der Waals surface area contributed by atoms with Gasteiger partial charge >= 0.3 is 13.1 Å². The number of aromatic carboxylic acids is 1. The van der Waals surface area contributed by atoms with E-state index in [0.717, 1.165) is 0 Å². The first kappa shape index (κ1) is 23.0. The number of phenols is 1. The first-order chi connectivity index (χ1) is 14.3. The first-order valence-electron chi connectivity index (χ1n) is 9.22. The van der Waals surface area contributed by atoms with Gasteiger partial charge in [0.15, 0.2) is 0 Å². The van der Waals surface area contributed by atoms with Crippen molar-refractivity contribution in [3.63, 3.8) is 0 Å². The van der Waals surface area contributed by atoms with Crippen LogP contribution in [0.25, 0.3) is 0 Å². The average molecular weight is 414 g/mol. The smallest absolute Gasteiger partial charge is 0.451 e. The van der Waals surface area contributed by atoms with Gasteiger partial charge in [0.05, 0.1) is 19.5 Å². The van der Waals surface area contributed by atoms with Crippen LogP contribution in [0.3, 0.4) is 0 Å². The van der Waals surface area contributed by atoms with Crippen LogP contribution in [0, 0.1) is 12.3 Å². The summed E-state index contributed by atoms with van der Waals surface area (Å²) in [7, 11) is 0.0151. The summed E-state index contributed by atoms with van der Waals surface area (Å²) >= 11 is 0. The van der Waals surface area contributed by atoms with Gasteiger partial charge in [0.25, 0.3) is 0 Å². The number of aromatic hydroxyl groups is 1. The Balaban J connectivity index is 2.02. The van der Waals surface area contributed by atoms with E-state index in [1.807, 2.05) is 0 Å². The zero-order valence-corrected chi connectivity index (χ0v) is 16.5. The lowest BCUT2D eigenvalue weighted by Gasteiger charge is -2.39. The molecule has 9 nitrogen and oxygen atoms in total. The summed E-state index contributed by atoms with van der Waals surface area (Å²) in [5.74, 6) is 0.339. The number of nitrogens with zero attached hydrogens (tertiary/aromatic N) is 2. The van der Waals surface area contributed by atoms with Crippen LogP contribution in [-0.2, 0) is 11.2 Å². The number of carbonyl (C=O) groups is 2. The Morgan fingerprint density at radius 2 is 2.10 bits per heavy atom. The van der Waals surface area contributed by atoms with Crippen molar-refractivity contribution in [2.75, 3.05) is 20.1 Å². The van der Waals surface area contributed by atoms with Crippen LogP contribution < -0.4 is 4.74 Å². The minimum absolute atomic E-state index is 0.0172. The van der Waals surface area contributed by atoms with E-state index >= 15 is 0 Å². The number of rotatable bonds is 9. The maximum atomic E-state index is 12.3. The van der Waals surface area contributed by atoms with Crippen molar-refractivity contribution in [2.24, 2.45) is 4.99 Å². The highest BCUT2D eigenvalue weighted by atomic mass is 16.5. The molecule has 1 aliphatic heterocycles.